The third-order valence-corrected chi connectivity index (χ3v) is 3.01. The van der Waals surface area contributed by atoms with Crippen molar-refractivity contribution < 1.29 is 4.39 Å². The van der Waals surface area contributed by atoms with E-state index < -0.39 is 0 Å². The number of hydrogen-bond acceptors (Lipinski definition) is 1. The molecule has 0 radical (unpaired) electrons. The Morgan fingerprint density at radius 1 is 1.50 bits per heavy atom. The minimum Gasteiger partial charge on any atom is -0.317 e. The van der Waals surface area contributed by atoms with Crippen LogP contribution in [0.5, 0.6) is 0 Å². The molecule has 0 unspecified atom stereocenters. The van der Waals surface area contributed by atoms with Crippen LogP contribution in [0.15, 0.2) is 28.7 Å². The molecule has 1 rings (SSSR count). The number of benzene rings is 1. The average molecular weight is 286 g/mol. The van der Waals surface area contributed by atoms with Crippen molar-refractivity contribution in [2.75, 3.05) is 13.1 Å². The van der Waals surface area contributed by atoms with Gasteiger partial charge in [0.25, 0.3) is 0 Å². The van der Waals surface area contributed by atoms with E-state index in [1.807, 2.05) is 13.0 Å². The maximum Gasteiger partial charge on any atom is 0.144 e. The quantitative estimate of drug-likeness (QED) is 0.807. The molecule has 0 atom stereocenters. The van der Waals surface area contributed by atoms with Gasteiger partial charge < -0.3 is 5.32 Å². The van der Waals surface area contributed by atoms with Gasteiger partial charge in [-0.3, -0.25) is 0 Å². The van der Waals surface area contributed by atoms with Gasteiger partial charge in [0.15, 0.2) is 0 Å². The predicted molar refractivity (Wildman–Crippen MR) is 70.9 cm³/mol. The fourth-order valence-corrected chi connectivity index (χ4v) is 1.85. The number of hydrogen-bond donors (Lipinski definition) is 1. The van der Waals surface area contributed by atoms with Gasteiger partial charge in [-0.25, -0.2) is 4.39 Å². The third kappa shape index (κ3) is 3.72. The topological polar surface area (TPSA) is 12.0 Å². The highest BCUT2D eigenvalue weighted by molar-refractivity contribution is 9.10. The minimum atomic E-state index is -0.181. The summed E-state index contributed by atoms with van der Waals surface area (Å²) in [6.07, 6.45) is 2.99. The van der Waals surface area contributed by atoms with Crippen LogP contribution in [0.4, 0.5) is 4.39 Å². The van der Waals surface area contributed by atoms with Gasteiger partial charge in [-0.1, -0.05) is 25.1 Å². The molecule has 0 aromatic heterocycles. The Bertz CT molecular complexity index is 374. The van der Waals surface area contributed by atoms with Crippen molar-refractivity contribution in [1.82, 2.24) is 5.32 Å². The summed E-state index contributed by atoms with van der Waals surface area (Å²) in [6, 6.07) is 5.37. The maximum absolute atomic E-state index is 13.7. The van der Waals surface area contributed by atoms with Crippen molar-refractivity contribution in [3.8, 4) is 0 Å². The Labute approximate surface area is 105 Å². The van der Waals surface area contributed by atoms with Crippen LogP contribution in [0.1, 0.15) is 25.8 Å². The van der Waals surface area contributed by atoms with Gasteiger partial charge in [0, 0.05) is 5.56 Å². The summed E-state index contributed by atoms with van der Waals surface area (Å²) >= 11 is 3.19. The molecule has 0 amide bonds. The first kappa shape index (κ1) is 13.4. The highest BCUT2D eigenvalue weighted by Crippen LogP contribution is 2.24. The SMILES string of the molecule is CCNCC/C=C(/C)c1cccc(Br)c1F. The molecule has 1 N–H and O–H groups in total. The van der Waals surface area contributed by atoms with Crippen molar-refractivity contribution in [3.05, 3.63) is 40.1 Å². The van der Waals surface area contributed by atoms with Crippen molar-refractivity contribution >= 4 is 21.5 Å². The first-order valence-electron chi connectivity index (χ1n) is 5.48. The smallest absolute Gasteiger partial charge is 0.144 e. The van der Waals surface area contributed by atoms with Crippen LogP contribution in [-0.2, 0) is 0 Å². The summed E-state index contributed by atoms with van der Waals surface area (Å²) in [5, 5.41) is 3.23. The number of rotatable bonds is 5. The van der Waals surface area contributed by atoms with Gasteiger partial charge in [-0.2, -0.15) is 0 Å². The Morgan fingerprint density at radius 3 is 2.94 bits per heavy atom. The van der Waals surface area contributed by atoms with Crippen molar-refractivity contribution in [2.24, 2.45) is 0 Å². The molecule has 0 aliphatic rings. The molecule has 3 heteroatoms. The third-order valence-electron chi connectivity index (χ3n) is 2.40. The van der Waals surface area contributed by atoms with E-state index in [0.29, 0.717) is 10.0 Å². The molecule has 16 heavy (non-hydrogen) atoms. The standard InChI is InChI=1S/C13H17BrFN/c1-3-16-9-5-6-10(2)11-7-4-8-12(14)13(11)15/h4,6-8,16H,3,5,9H2,1-2H3/b10-6-. The van der Waals surface area contributed by atoms with Gasteiger partial charge in [0.05, 0.1) is 4.47 Å². The van der Waals surface area contributed by atoms with Crippen LogP contribution in [0.25, 0.3) is 5.57 Å². The highest BCUT2D eigenvalue weighted by Gasteiger charge is 2.06. The number of halogens is 2. The summed E-state index contributed by atoms with van der Waals surface area (Å²) in [6.45, 7) is 5.92. The average Bonchev–Trinajstić information content (AvgIpc) is 2.28. The molecule has 1 nitrogen and oxygen atoms in total. The highest BCUT2D eigenvalue weighted by atomic mass is 79.9. The monoisotopic (exact) mass is 285 g/mol. The lowest BCUT2D eigenvalue weighted by Crippen LogP contribution is -2.13. The molecule has 0 fully saturated rings. The van der Waals surface area contributed by atoms with E-state index in [1.54, 1.807) is 12.1 Å². The maximum atomic E-state index is 13.7. The second kappa shape index (κ2) is 6.81. The lowest BCUT2D eigenvalue weighted by atomic mass is 10.1. The Hall–Kier alpha value is -0.670. The Balaban J connectivity index is 2.72. The molecule has 1 aromatic rings. The van der Waals surface area contributed by atoms with E-state index >= 15 is 0 Å². The van der Waals surface area contributed by atoms with E-state index in [2.05, 4.69) is 34.2 Å². The summed E-state index contributed by atoms with van der Waals surface area (Å²) in [7, 11) is 0. The van der Waals surface area contributed by atoms with E-state index in [4.69, 9.17) is 0 Å². The summed E-state index contributed by atoms with van der Waals surface area (Å²) < 4.78 is 14.2. The Morgan fingerprint density at radius 2 is 2.25 bits per heavy atom. The van der Waals surface area contributed by atoms with Crippen LogP contribution in [-0.4, -0.2) is 13.1 Å². The fourth-order valence-electron chi connectivity index (χ4n) is 1.49. The molecular formula is C13H17BrFN. The van der Waals surface area contributed by atoms with E-state index in [9.17, 15) is 4.39 Å². The molecule has 0 aliphatic carbocycles. The zero-order valence-electron chi connectivity index (χ0n) is 9.69. The van der Waals surface area contributed by atoms with Gasteiger partial charge >= 0.3 is 0 Å². The number of allylic oxidation sites excluding steroid dienone is 1. The molecule has 0 saturated heterocycles. The first-order valence-corrected chi connectivity index (χ1v) is 6.28. The first-order chi connectivity index (χ1) is 7.66. The molecule has 0 heterocycles. The zero-order valence-corrected chi connectivity index (χ0v) is 11.3. The second-order valence-corrected chi connectivity index (χ2v) is 4.49. The van der Waals surface area contributed by atoms with Gasteiger partial charge in [-0.05, 0) is 54.0 Å². The van der Waals surface area contributed by atoms with Crippen molar-refractivity contribution in [3.63, 3.8) is 0 Å². The largest absolute Gasteiger partial charge is 0.317 e. The van der Waals surface area contributed by atoms with Gasteiger partial charge in [0.1, 0.15) is 5.82 Å². The normalized spacial score (nSPS) is 11.9. The molecule has 0 spiro atoms. The zero-order chi connectivity index (χ0) is 12.0. The second-order valence-electron chi connectivity index (χ2n) is 3.63. The van der Waals surface area contributed by atoms with Gasteiger partial charge in [-0.15, -0.1) is 0 Å². The molecular weight excluding hydrogens is 269 g/mol. The molecule has 0 saturated carbocycles. The van der Waals surface area contributed by atoms with E-state index in [1.165, 1.54) is 0 Å². The van der Waals surface area contributed by atoms with Crippen LogP contribution < -0.4 is 5.32 Å². The fraction of sp³-hybridized carbons (Fsp3) is 0.385. The lowest BCUT2D eigenvalue weighted by molar-refractivity contribution is 0.617. The van der Waals surface area contributed by atoms with E-state index in [0.717, 1.165) is 25.1 Å². The summed E-state index contributed by atoms with van der Waals surface area (Å²) in [5.41, 5.74) is 1.66. The predicted octanol–water partition coefficient (Wildman–Crippen LogP) is 3.99. The molecule has 1 aromatic carbocycles. The van der Waals surface area contributed by atoms with Crippen LogP contribution in [0.2, 0.25) is 0 Å². The van der Waals surface area contributed by atoms with Crippen molar-refractivity contribution in [2.45, 2.75) is 20.3 Å². The summed E-state index contributed by atoms with van der Waals surface area (Å²) in [4.78, 5) is 0. The van der Waals surface area contributed by atoms with Crippen LogP contribution in [0, 0.1) is 5.82 Å². The minimum absolute atomic E-state index is 0.181. The van der Waals surface area contributed by atoms with E-state index in [-0.39, 0.29) is 5.82 Å². The van der Waals surface area contributed by atoms with Crippen molar-refractivity contribution in [1.29, 1.82) is 0 Å². The van der Waals surface area contributed by atoms with Crippen LogP contribution >= 0.6 is 15.9 Å². The number of nitrogens with one attached hydrogen (secondary N) is 1. The molecule has 0 aliphatic heterocycles. The molecule has 88 valence electrons. The van der Waals surface area contributed by atoms with Crippen LogP contribution in [0.3, 0.4) is 0 Å². The molecule has 0 bridgehead atoms. The lowest BCUT2D eigenvalue weighted by Gasteiger charge is -2.05. The summed E-state index contributed by atoms with van der Waals surface area (Å²) in [5.74, 6) is -0.181. The Kier molecular flexibility index (Phi) is 5.71. The van der Waals surface area contributed by atoms with Gasteiger partial charge in [0.2, 0.25) is 0 Å².